The molecule has 0 N–H and O–H groups in total. The van der Waals surface area contributed by atoms with Gasteiger partial charge in [0.1, 0.15) is 0 Å². The molecule has 0 spiro atoms. The SMILES string of the molecule is CCc1ccccc1CC(C)(C)C.O=C=O. The summed E-state index contributed by atoms with van der Waals surface area (Å²) in [6.07, 6.45) is 2.57. The largest absolute Gasteiger partial charge is 0.373 e. The van der Waals surface area contributed by atoms with Crippen LogP contribution in [0.15, 0.2) is 24.3 Å². The molecule has 2 heteroatoms. The van der Waals surface area contributed by atoms with E-state index in [1.54, 1.807) is 0 Å². The molecule has 0 bridgehead atoms. The van der Waals surface area contributed by atoms with E-state index in [9.17, 15) is 0 Å². The van der Waals surface area contributed by atoms with Gasteiger partial charge < -0.3 is 0 Å². The van der Waals surface area contributed by atoms with E-state index < -0.39 is 0 Å². The van der Waals surface area contributed by atoms with Gasteiger partial charge in [0, 0.05) is 0 Å². The van der Waals surface area contributed by atoms with Crippen molar-refractivity contribution in [3.8, 4) is 0 Å². The van der Waals surface area contributed by atoms with Crippen molar-refractivity contribution in [2.24, 2.45) is 5.41 Å². The van der Waals surface area contributed by atoms with Gasteiger partial charge in [-0.05, 0) is 29.4 Å². The van der Waals surface area contributed by atoms with Crippen LogP contribution in [-0.2, 0) is 22.4 Å². The minimum absolute atomic E-state index is 0.250. The molecule has 0 saturated carbocycles. The van der Waals surface area contributed by atoms with E-state index in [-0.39, 0.29) is 6.15 Å². The van der Waals surface area contributed by atoms with Crippen molar-refractivity contribution in [2.75, 3.05) is 0 Å². The fraction of sp³-hybridized carbons (Fsp3) is 0.500. The lowest BCUT2D eigenvalue weighted by Crippen LogP contribution is -2.10. The Bertz CT molecular complexity index is 342. The van der Waals surface area contributed by atoms with Crippen LogP contribution in [-0.4, -0.2) is 6.15 Å². The summed E-state index contributed by atoms with van der Waals surface area (Å²) in [5.74, 6) is 0. The summed E-state index contributed by atoms with van der Waals surface area (Å²) < 4.78 is 0. The number of benzene rings is 1. The molecule has 88 valence electrons. The fourth-order valence-electron chi connectivity index (χ4n) is 1.65. The van der Waals surface area contributed by atoms with Gasteiger partial charge >= 0.3 is 6.15 Å². The van der Waals surface area contributed by atoms with Crippen LogP contribution in [0.2, 0.25) is 0 Å². The van der Waals surface area contributed by atoms with Crippen LogP contribution in [0.25, 0.3) is 0 Å². The number of hydrogen-bond donors (Lipinski definition) is 0. The number of carbonyl (C=O) groups excluding carboxylic acids is 2. The van der Waals surface area contributed by atoms with Crippen molar-refractivity contribution in [3.05, 3.63) is 35.4 Å². The van der Waals surface area contributed by atoms with Crippen LogP contribution in [0.1, 0.15) is 38.8 Å². The highest BCUT2D eigenvalue weighted by Crippen LogP contribution is 2.22. The average Bonchev–Trinajstić information content (AvgIpc) is 2.17. The molecule has 0 aliphatic heterocycles. The predicted octanol–water partition coefficient (Wildman–Crippen LogP) is 3.25. The van der Waals surface area contributed by atoms with Crippen molar-refractivity contribution in [1.82, 2.24) is 0 Å². The number of rotatable bonds is 2. The Labute approximate surface area is 97.7 Å². The van der Waals surface area contributed by atoms with Crippen LogP contribution < -0.4 is 0 Å². The van der Waals surface area contributed by atoms with Gasteiger partial charge in [-0.25, -0.2) is 0 Å². The maximum atomic E-state index is 8.12. The van der Waals surface area contributed by atoms with Crippen LogP contribution in [0, 0.1) is 5.41 Å². The normalized spacial score (nSPS) is 10.0. The van der Waals surface area contributed by atoms with Crippen LogP contribution in [0.3, 0.4) is 0 Å². The van der Waals surface area contributed by atoms with Gasteiger partial charge in [-0.1, -0.05) is 52.0 Å². The summed E-state index contributed by atoms with van der Waals surface area (Å²) in [5.41, 5.74) is 3.40. The maximum absolute atomic E-state index is 8.12. The summed E-state index contributed by atoms with van der Waals surface area (Å²) in [4.78, 5) is 16.2. The molecule has 0 aliphatic carbocycles. The summed E-state index contributed by atoms with van der Waals surface area (Å²) in [6, 6.07) is 8.76. The first-order chi connectivity index (χ1) is 7.44. The zero-order valence-corrected chi connectivity index (χ0v) is 10.5. The minimum atomic E-state index is 0.250. The Kier molecular flexibility index (Phi) is 6.36. The third-order valence-electron chi connectivity index (χ3n) is 2.22. The van der Waals surface area contributed by atoms with E-state index in [4.69, 9.17) is 9.59 Å². The second-order valence-electron chi connectivity index (χ2n) is 4.94. The van der Waals surface area contributed by atoms with Gasteiger partial charge in [0.05, 0.1) is 0 Å². The maximum Gasteiger partial charge on any atom is 0.373 e. The molecule has 16 heavy (non-hydrogen) atoms. The van der Waals surface area contributed by atoms with E-state index in [1.165, 1.54) is 17.5 Å². The van der Waals surface area contributed by atoms with E-state index in [1.807, 2.05) is 0 Å². The van der Waals surface area contributed by atoms with Gasteiger partial charge in [0.15, 0.2) is 0 Å². The molecule has 1 rings (SSSR count). The van der Waals surface area contributed by atoms with Crippen molar-refractivity contribution in [2.45, 2.75) is 40.5 Å². The molecular formula is C14H20O2. The monoisotopic (exact) mass is 220 g/mol. The molecule has 1 aromatic rings. The minimum Gasteiger partial charge on any atom is -0.186 e. The molecule has 0 fully saturated rings. The topological polar surface area (TPSA) is 34.1 Å². The number of aryl methyl sites for hydroxylation is 1. The van der Waals surface area contributed by atoms with Gasteiger partial charge in [0.25, 0.3) is 0 Å². The summed E-state index contributed by atoms with van der Waals surface area (Å²) in [6.45, 7) is 9.10. The Hall–Kier alpha value is -1.40. The molecule has 0 atom stereocenters. The lowest BCUT2D eigenvalue weighted by Gasteiger charge is -2.20. The molecule has 2 nitrogen and oxygen atoms in total. The molecule has 0 unspecified atom stereocenters. The molecule has 1 aromatic carbocycles. The van der Waals surface area contributed by atoms with Crippen LogP contribution in [0.4, 0.5) is 0 Å². The fourth-order valence-corrected chi connectivity index (χ4v) is 1.65. The molecule has 0 aromatic heterocycles. The van der Waals surface area contributed by atoms with Crippen LogP contribution >= 0.6 is 0 Å². The molecule has 0 heterocycles. The number of hydrogen-bond acceptors (Lipinski definition) is 2. The highest BCUT2D eigenvalue weighted by atomic mass is 16.2. The zero-order chi connectivity index (χ0) is 12.6. The lowest BCUT2D eigenvalue weighted by molar-refractivity contribution is -0.191. The molecule has 0 saturated heterocycles. The van der Waals surface area contributed by atoms with Crippen molar-refractivity contribution < 1.29 is 9.59 Å². The van der Waals surface area contributed by atoms with Crippen molar-refractivity contribution in [1.29, 1.82) is 0 Å². The Morgan fingerprint density at radius 2 is 1.50 bits per heavy atom. The standard InChI is InChI=1S/C13H20.CO2/c1-5-11-8-6-7-9-12(11)10-13(2,3)4;2-1-3/h6-9H,5,10H2,1-4H3;. The third kappa shape index (κ3) is 6.15. The van der Waals surface area contributed by atoms with E-state index in [0.29, 0.717) is 5.41 Å². The third-order valence-corrected chi connectivity index (χ3v) is 2.22. The van der Waals surface area contributed by atoms with Gasteiger partial charge in [-0.2, -0.15) is 9.59 Å². The van der Waals surface area contributed by atoms with Crippen molar-refractivity contribution >= 4 is 6.15 Å². The Morgan fingerprint density at radius 1 is 1.06 bits per heavy atom. The predicted molar refractivity (Wildman–Crippen MR) is 64.0 cm³/mol. The Morgan fingerprint density at radius 3 is 1.88 bits per heavy atom. The van der Waals surface area contributed by atoms with E-state index >= 15 is 0 Å². The zero-order valence-electron chi connectivity index (χ0n) is 10.5. The summed E-state index contributed by atoms with van der Waals surface area (Å²) in [7, 11) is 0. The lowest BCUT2D eigenvalue weighted by atomic mass is 9.86. The van der Waals surface area contributed by atoms with Crippen molar-refractivity contribution in [3.63, 3.8) is 0 Å². The smallest absolute Gasteiger partial charge is 0.186 e. The highest BCUT2D eigenvalue weighted by Gasteiger charge is 2.12. The van der Waals surface area contributed by atoms with Gasteiger partial charge in [0.2, 0.25) is 0 Å². The van der Waals surface area contributed by atoms with Crippen LogP contribution in [0.5, 0.6) is 0 Å². The second kappa shape index (κ2) is 6.97. The summed E-state index contributed by atoms with van der Waals surface area (Å²) in [5, 5.41) is 0. The highest BCUT2D eigenvalue weighted by molar-refractivity contribution is 5.27. The molecular weight excluding hydrogens is 200 g/mol. The molecule has 0 aliphatic rings. The quantitative estimate of drug-likeness (QED) is 0.766. The van der Waals surface area contributed by atoms with Gasteiger partial charge in [-0.3, -0.25) is 0 Å². The molecule has 0 amide bonds. The second-order valence-corrected chi connectivity index (χ2v) is 4.94. The van der Waals surface area contributed by atoms with Gasteiger partial charge in [-0.15, -0.1) is 0 Å². The summed E-state index contributed by atoms with van der Waals surface area (Å²) >= 11 is 0. The molecule has 0 radical (unpaired) electrons. The van der Waals surface area contributed by atoms with E-state index in [0.717, 1.165) is 6.42 Å². The van der Waals surface area contributed by atoms with E-state index in [2.05, 4.69) is 52.0 Å². The first-order valence-electron chi connectivity index (χ1n) is 5.50. The average molecular weight is 220 g/mol. The Balaban J connectivity index is 0.000000673. The first-order valence-corrected chi connectivity index (χ1v) is 5.50. The first kappa shape index (κ1) is 14.6.